The molecule has 0 atom stereocenters. The molecule has 0 saturated heterocycles. The van der Waals surface area contributed by atoms with E-state index >= 15 is 0 Å². The van der Waals surface area contributed by atoms with Crippen LogP contribution in [-0.4, -0.2) is 10.8 Å². The molecule has 2 N–H and O–H groups in total. The van der Waals surface area contributed by atoms with Crippen molar-refractivity contribution in [3.05, 3.63) is 62.5 Å². The summed E-state index contributed by atoms with van der Waals surface area (Å²) in [4.78, 5) is 0. The molecule has 0 aliphatic rings. The van der Waals surface area contributed by atoms with Gasteiger partial charge in [0.2, 0.25) is 0 Å². The highest BCUT2D eigenvalue weighted by Gasteiger charge is 2.07. The van der Waals surface area contributed by atoms with Gasteiger partial charge < -0.3 is 10.5 Å². The third-order valence-electron chi connectivity index (χ3n) is 2.57. The molecular weight excluding hydrogens is 358 g/mol. The average molecular weight is 369 g/mol. The Morgan fingerprint density at radius 1 is 1.11 bits per heavy atom. The number of nitrogens with one attached hydrogen (secondary N) is 1. The molecule has 4 heteroatoms. The summed E-state index contributed by atoms with van der Waals surface area (Å²) < 4.78 is 1.97. The van der Waals surface area contributed by atoms with Crippen molar-refractivity contribution in [2.24, 2.45) is 0 Å². The molecule has 0 bridgehead atoms. The van der Waals surface area contributed by atoms with Crippen molar-refractivity contribution in [3.63, 3.8) is 0 Å². The zero-order chi connectivity index (χ0) is 13.1. The van der Waals surface area contributed by atoms with Gasteiger partial charge in [0, 0.05) is 21.1 Å². The van der Waals surface area contributed by atoms with Crippen molar-refractivity contribution in [1.29, 1.82) is 5.41 Å². The van der Waals surface area contributed by atoms with Crippen LogP contribution in [-0.2, 0) is 6.42 Å². The molecule has 0 radical (unpaired) electrons. The number of phenols is 1. The van der Waals surface area contributed by atoms with Crippen LogP contribution in [0, 0.1) is 5.41 Å². The van der Waals surface area contributed by atoms with E-state index in [1.54, 1.807) is 18.2 Å². The van der Waals surface area contributed by atoms with Gasteiger partial charge in [-0.2, -0.15) is 0 Å². The Bertz CT molecular complexity index is 596. The molecule has 2 aromatic rings. The molecule has 0 saturated carbocycles. The standard InChI is InChI=1S/C14H11Br2NO/c15-11-4-5-13(16)10(6-11)8-14(17)9-2-1-3-12(18)7-9/h1-7,17-18H,8H2. The fourth-order valence-corrected chi connectivity index (χ4v) is 2.46. The van der Waals surface area contributed by atoms with Crippen molar-refractivity contribution in [2.75, 3.05) is 0 Å². The first-order valence-corrected chi connectivity index (χ1v) is 6.95. The predicted octanol–water partition coefficient (Wildman–Crippen LogP) is 4.53. The van der Waals surface area contributed by atoms with Crippen LogP contribution in [0.3, 0.4) is 0 Å². The molecule has 0 heterocycles. The van der Waals surface area contributed by atoms with Crippen LogP contribution in [0.15, 0.2) is 51.4 Å². The lowest BCUT2D eigenvalue weighted by atomic mass is 10.0. The molecule has 0 aliphatic heterocycles. The minimum absolute atomic E-state index is 0.186. The lowest BCUT2D eigenvalue weighted by molar-refractivity contribution is 0.475. The summed E-state index contributed by atoms with van der Waals surface area (Å²) in [6.45, 7) is 0. The fraction of sp³-hybridized carbons (Fsp3) is 0.0714. The average Bonchev–Trinajstić information content (AvgIpc) is 2.34. The zero-order valence-corrected chi connectivity index (χ0v) is 12.6. The molecule has 0 unspecified atom stereocenters. The molecule has 92 valence electrons. The second-order valence-corrected chi connectivity index (χ2v) is 5.71. The minimum Gasteiger partial charge on any atom is -0.508 e. The van der Waals surface area contributed by atoms with Gasteiger partial charge in [0.1, 0.15) is 5.75 Å². The maximum Gasteiger partial charge on any atom is 0.116 e. The number of rotatable bonds is 3. The van der Waals surface area contributed by atoms with Gasteiger partial charge in [0.15, 0.2) is 0 Å². The quantitative estimate of drug-likeness (QED) is 0.768. The Labute approximate surface area is 122 Å². The topological polar surface area (TPSA) is 44.1 Å². The number of benzene rings is 2. The van der Waals surface area contributed by atoms with Crippen LogP contribution in [0.4, 0.5) is 0 Å². The van der Waals surface area contributed by atoms with Crippen LogP contribution in [0.25, 0.3) is 0 Å². The SMILES string of the molecule is N=C(Cc1cc(Br)ccc1Br)c1cccc(O)c1. The van der Waals surface area contributed by atoms with Gasteiger partial charge in [-0.15, -0.1) is 0 Å². The number of phenolic OH excluding ortho intramolecular Hbond substituents is 1. The molecule has 2 nitrogen and oxygen atoms in total. The van der Waals surface area contributed by atoms with E-state index in [1.165, 1.54) is 0 Å². The number of halogens is 2. The maximum absolute atomic E-state index is 9.41. The first kappa shape index (κ1) is 13.3. The second-order valence-electron chi connectivity index (χ2n) is 3.94. The molecule has 0 aliphatic carbocycles. The van der Waals surface area contributed by atoms with Crippen LogP contribution in [0.2, 0.25) is 0 Å². The number of hydrogen-bond donors (Lipinski definition) is 2. The zero-order valence-electron chi connectivity index (χ0n) is 9.45. The largest absolute Gasteiger partial charge is 0.508 e. The third kappa shape index (κ3) is 3.21. The van der Waals surface area contributed by atoms with Crippen molar-refractivity contribution in [3.8, 4) is 5.75 Å². The Morgan fingerprint density at radius 2 is 1.89 bits per heavy atom. The van der Waals surface area contributed by atoms with Crippen LogP contribution in [0.1, 0.15) is 11.1 Å². The fourth-order valence-electron chi connectivity index (χ4n) is 1.66. The van der Waals surface area contributed by atoms with E-state index in [9.17, 15) is 5.11 Å². The molecule has 0 amide bonds. The van der Waals surface area contributed by atoms with E-state index in [4.69, 9.17) is 5.41 Å². The smallest absolute Gasteiger partial charge is 0.116 e. The Kier molecular flexibility index (Phi) is 4.19. The molecule has 0 spiro atoms. The second kappa shape index (κ2) is 5.67. The maximum atomic E-state index is 9.41. The Hall–Kier alpha value is -1.13. The van der Waals surface area contributed by atoms with Gasteiger partial charge in [-0.3, -0.25) is 0 Å². The van der Waals surface area contributed by atoms with Gasteiger partial charge in [-0.25, -0.2) is 0 Å². The van der Waals surface area contributed by atoms with E-state index in [2.05, 4.69) is 31.9 Å². The van der Waals surface area contributed by atoms with Gasteiger partial charge >= 0.3 is 0 Å². The summed E-state index contributed by atoms with van der Waals surface area (Å²) in [7, 11) is 0. The molecule has 2 aromatic carbocycles. The Morgan fingerprint density at radius 3 is 2.61 bits per heavy atom. The summed E-state index contributed by atoms with van der Waals surface area (Å²) >= 11 is 6.90. The van der Waals surface area contributed by atoms with E-state index in [-0.39, 0.29) is 5.75 Å². The van der Waals surface area contributed by atoms with Crippen molar-refractivity contribution >= 4 is 37.6 Å². The summed E-state index contributed by atoms with van der Waals surface area (Å²) in [5, 5.41) is 17.5. The first-order chi connectivity index (χ1) is 8.56. The lowest BCUT2D eigenvalue weighted by Crippen LogP contribution is -2.04. The predicted molar refractivity (Wildman–Crippen MR) is 80.5 cm³/mol. The van der Waals surface area contributed by atoms with Crippen LogP contribution in [0.5, 0.6) is 5.75 Å². The van der Waals surface area contributed by atoms with E-state index in [1.807, 2.05) is 24.3 Å². The van der Waals surface area contributed by atoms with Crippen LogP contribution >= 0.6 is 31.9 Å². The molecular formula is C14H11Br2NO. The van der Waals surface area contributed by atoms with Crippen molar-refractivity contribution in [1.82, 2.24) is 0 Å². The monoisotopic (exact) mass is 367 g/mol. The minimum atomic E-state index is 0.186. The highest BCUT2D eigenvalue weighted by atomic mass is 79.9. The normalized spacial score (nSPS) is 10.3. The van der Waals surface area contributed by atoms with Gasteiger partial charge in [0.05, 0.1) is 0 Å². The molecule has 2 rings (SSSR count). The van der Waals surface area contributed by atoms with Crippen LogP contribution < -0.4 is 0 Å². The number of aromatic hydroxyl groups is 1. The molecule has 18 heavy (non-hydrogen) atoms. The lowest BCUT2D eigenvalue weighted by Gasteiger charge is -2.07. The van der Waals surface area contributed by atoms with Crippen molar-refractivity contribution in [2.45, 2.75) is 6.42 Å². The highest BCUT2D eigenvalue weighted by molar-refractivity contribution is 9.11. The van der Waals surface area contributed by atoms with E-state index in [0.717, 1.165) is 20.1 Å². The Balaban J connectivity index is 2.24. The van der Waals surface area contributed by atoms with E-state index < -0.39 is 0 Å². The molecule has 0 fully saturated rings. The molecule has 0 aromatic heterocycles. The van der Waals surface area contributed by atoms with Gasteiger partial charge in [-0.1, -0.05) is 44.0 Å². The van der Waals surface area contributed by atoms with E-state index in [0.29, 0.717) is 12.1 Å². The highest BCUT2D eigenvalue weighted by Crippen LogP contribution is 2.23. The third-order valence-corrected chi connectivity index (χ3v) is 3.84. The van der Waals surface area contributed by atoms with Crippen molar-refractivity contribution < 1.29 is 5.11 Å². The summed E-state index contributed by atoms with van der Waals surface area (Å²) in [5.74, 6) is 0.186. The van der Waals surface area contributed by atoms with Gasteiger partial charge in [0.25, 0.3) is 0 Å². The summed E-state index contributed by atoms with van der Waals surface area (Å²) in [6, 6.07) is 12.7. The summed E-state index contributed by atoms with van der Waals surface area (Å²) in [5.41, 5.74) is 2.25. The number of hydrogen-bond acceptors (Lipinski definition) is 2. The first-order valence-electron chi connectivity index (χ1n) is 5.37. The summed E-state index contributed by atoms with van der Waals surface area (Å²) in [6.07, 6.45) is 0.517. The van der Waals surface area contributed by atoms with Gasteiger partial charge in [-0.05, 0) is 41.5 Å².